The van der Waals surface area contributed by atoms with Gasteiger partial charge in [-0.25, -0.2) is 0 Å². The van der Waals surface area contributed by atoms with Crippen LogP contribution >= 0.6 is 0 Å². The van der Waals surface area contributed by atoms with Gasteiger partial charge in [0.1, 0.15) is 0 Å². The summed E-state index contributed by atoms with van der Waals surface area (Å²) < 4.78 is 5.44. The van der Waals surface area contributed by atoms with Crippen LogP contribution in [0.15, 0.2) is 4.99 Å². The van der Waals surface area contributed by atoms with E-state index >= 15 is 0 Å². The molecule has 0 spiro atoms. The molecule has 0 aromatic carbocycles. The normalized spacial score (nSPS) is 24.1. The first kappa shape index (κ1) is 18.5. The molecule has 2 aliphatic heterocycles. The lowest BCUT2D eigenvalue weighted by Crippen LogP contribution is -2.42. The Labute approximate surface area is 142 Å². The topological polar surface area (TPSA) is 40.1 Å². The van der Waals surface area contributed by atoms with E-state index in [1.54, 1.807) is 0 Å². The van der Waals surface area contributed by atoms with Gasteiger partial charge < -0.3 is 19.9 Å². The minimum absolute atomic E-state index is 0.766. The minimum Gasteiger partial charge on any atom is -0.381 e. The number of likely N-dealkylation sites (tertiary alicyclic amines) is 1. The quantitative estimate of drug-likeness (QED) is 0.575. The van der Waals surface area contributed by atoms with Crippen molar-refractivity contribution in [2.45, 2.75) is 39.0 Å². The molecular formula is C18H36N4O. The maximum atomic E-state index is 5.44. The van der Waals surface area contributed by atoms with Crippen LogP contribution in [0.3, 0.4) is 0 Å². The van der Waals surface area contributed by atoms with Crippen LogP contribution in [0.4, 0.5) is 0 Å². The molecule has 1 unspecified atom stereocenters. The predicted molar refractivity (Wildman–Crippen MR) is 97.0 cm³/mol. The molecule has 2 fully saturated rings. The number of rotatable bonds is 7. The SMILES string of the molecule is CCCN1CCC(CNC(=NC)N(C)CCC2CCOCC2)C1. The molecule has 0 bridgehead atoms. The zero-order valence-electron chi connectivity index (χ0n) is 15.4. The van der Waals surface area contributed by atoms with E-state index < -0.39 is 0 Å². The van der Waals surface area contributed by atoms with Gasteiger partial charge in [-0.05, 0) is 57.0 Å². The van der Waals surface area contributed by atoms with Gasteiger partial charge in [0.15, 0.2) is 5.96 Å². The molecule has 0 aromatic rings. The smallest absolute Gasteiger partial charge is 0.193 e. The Morgan fingerprint density at radius 2 is 2.04 bits per heavy atom. The van der Waals surface area contributed by atoms with Gasteiger partial charge in [0.25, 0.3) is 0 Å². The fourth-order valence-corrected chi connectivity index (χ4v) is 3.74. The molecule has 2 saturated heterocycles. The Morgan fingerprint density at radius 3 is 2.74 bits per heavy atom. The molecule has 2 heterocycles. The van der Waals surface area contributed by atoms with Crippen LogP contribution in [0.2, 0.25) is 0 Å². The zero-order chi connectivity index (χ0) is 16.5. The molecule has 5 heteroatoms. The van der Waals surface area contributed by atoms with E-state index in [1.165, 1.54) is 51.7 Å². The van der Waals surface area contributed by atoms with Crippen LogP contribution in [-0.2, 0) is 4.74 Å². The second kappa shape index (κ2) is 10.1. The first-order chi connectivity index (χ1) is 11.2. The van der Waals surface area contributed by atoms with Crippen LogP contribution in [-0.4, -0.2) is 75.8 Å². The highest BCUT2D eigenvalue weighted by Gasteiger charge is 2.22. The standard InChI is InChI=1S/C18H36N4O/c1-4-9-22-11-6-17(15-22)14-20-18(19-2)21(3)10-5-16-7-12-23-13-8-16/h16-17H,4-15H2,1-3H3,(H,19,20). The van der Waals surface area contributed by atoms with Gasteiger partial charge in [-0.3, -0.25) is 4.99 Å². The van der Waals surface area contributed by atoms with Gasteiger partial charge in [-0.2, -0.15) is 0 Å². The summed E-state index contributed by atoms with van der Waals surface area (Å²) >= 11 is 0. The Hall–Kier alpha value is -0.810. The van der Waals surface area contributed by atoms with E-state index in [0.29, 0.717) is 0 Å². The van der Waals surface area contributed by atoms with E-state index in [9.17, 15) is 0 Å². The average Bonchev–Trinajstić information content (AvgIpc) is 3.02. The lowest BCUT2D eigenvalue weighted by molar-refractivity contribution is 0.0625. The third kappa shape index (κ3) is 6.30. The maximum Gasteiger partial charge on any atom is 0.193 e. The first-order valence-corrected chi connectivity index (χ1v) is 9.44. The summed E-state index contributed by atoms with van der Waals surface area (Å²) in [6.45, 7) is 10.0. The second-order valence-electron chi connectivity index (χ2n) is 7.15. The van der Waals surface area contributed by atoms with Crippen molar-refractivity contribution in [1.29, 1.82) is 0 Å². The van der Waals surface area contributed by atoms with E-state index in [2.05, 4.69) is 34.1 Å². The van der Waals surface area contributed by atoms with Gasteiger partial charge >= 0.3 is 0 Å². The van der Waals surface area contributed by atoms with E-state index in [4.69, 9.17) is 4.74 Å². The van der Waals surface area contributed by atoms with E-state index in [1.807, 2.05) is 7.05 Å². The third-order valence-corrected chi connectivity index (χ3v) is 5.25. The number of nitrogens with one attached hydrogen (secondary N) is 1. The van der Waals surface area contributed by atoms with Crippen molar-refractivity contribution in [3.8, 4) is 0 Å². The molecule has 2 aliphatic rings. The summed E-state index contributed by atoms with van der Waals surface area (Å²) in [6, 6.07) is 0. The number of hydrogen-bond acceptors (Lipinski definition) is 3. The number of guanidine groups is 1. The Morgan fingerprint density at radius 1 is 1.26 bits per heavy atom. The van der Waals surface area contributed by atoms with Gasteiger partial charge in [0.2, 0.25) is 0 Å². The van der Waals surface area contributed by atoms with Crippen LogP contribution in [0.25, 0.3) is 0 Å². The van der Waals surface area contributed by atoms with Crippen molar-refractivity contribution in [3.05, 3.63) is 0 Å². The Balaban J connectivity index is 1.65. The molecule has 0 amide bonds. The predicted octanol–water partition coefficient (Wildman–Crippen LogP) is 2.04. The molecule has 23 heavy (non-hydrogen) atoms. The molecule has 134 valence electrons. The second-order valence-corrected chi connectivity index (χ2v) is 7.15. The molecule has 0 aromatic heterocycles. The number of ether oxygens (including phenoxy) is 1. The van der Waals surface area contributed by atoms with Gasteiger partial charge in [-0.15, -0.1) is 0 Å². The summed E-state index contributed by atoms with van der Waals surface area (Å²) in [7, 11) is 4.05. The number of nitrogens with zero attached hydrogens (tertiary/aromatic N) is 3. The molecule has 5 nitrogen and oxygen atoms in total. The van der Waals surface area contributed by atoms with Crippen molar-refractivity contribution in [2.24, 2.45) is 16.8 Å². The summed E-state index contributed by atoms with van der Waals surface area (Å²) in [5, 5.41) is 3.59. The molecule has 0 radical (unpaired) electrons. The van der Waals surface area contributed by atoms with Crippen molar-refractivity contribution < 1.29 is 4.74 Å². The molecule has 0 aliphatic carbocycles. The molecule has 1 N–H and O–H groups in total. The summed E-state index contributed by atoms with van der Waals surface area (Å²) in [6.07, 6.45) is 6.26. The van der Waals surface area contributed by atoms with Gasteiger partial charge in [0, 0.05) is 46.9 Å². The van der Waals surface area contributed by atoms with Crippen LogP contribution in [0.1, 0.15) is 39.0 Å². The zero-order valence-corrected chi connectivity index (χ0v) is 15.4. The molecule has 2 rings (SSSR count). The Bertz CT molecular complexity index is 355. The fraction of sp³-hybridized carbons (Fsp3) is 0.944. The highest BCUT2D eigenvalue weighted by Crippen LogP contribution is 2.18. The van der Waals surface area contributed by atoms with Gasteiger partial charge in [0.05, 0.1) is 0 Å². The fourth-order valence-electron chi connectivity index (χ4n) is 3.74. The summed E-state index contributed by atoms with van der Waals surface area (Å²) in [4.78, 5) is 9.33. The van der Waals surface area contributed by atoms with Crippen molar-refractivity contribution in [3.63, 3.8) is 0 Å². The van der Waals surface area contributed by atoms with Crippen LogP contribution in [0.5, 0.6) is 0 Å². The number of hydrogen-bond donors (Lipinski definition) is 1. The summed E-state index contributed by atoms with van der Waals surface area (Å²) in [5.74, 6) is 2.63. The van der Waals surface area contributed by atoms with Crippen LogP contribution < -0.4 is 5.32 Å². The Kier molecular flexibility index (Phi) is 8.17. The first-order valence-electron chi connectivity index (χ1n) is 9.44. The lowest BCUT2D eigenvalue weighted by atomic mass is 9.96. The summed E-state index contributed by atoms with van der Waals surface area (Å²) in [5.41, 5.74) is 0. The minimum atomic E-state index is 0.766. The number of aliphatic imine (C=N–C) groups is 1. The van der Waals surface area contributed by atoms with Crippen molar-refractivity contribution in [1.82, 2.24) is 15.1 Å². The highest BCUT2D eigenvalue weighted by atomic mass is 16.5. The van der Waals surface area contributed by atoms with E-state index in [0.717, 1.165) is 44.1 Å². The largest absolute Gasteiger partial charge is 0.381 e. The van der Waals surface area contributed by atoms with Crippen molar-refractivity contribution >= 4 is 5.96 Å². The third-order valence-electron chi connectivity index (χ3n) is 5.25. The monoisotopic (exact) mass is 324 g/mol. The van der Waals surface area contributed by atoms with Gasteiger partial charge in [-0.1, -0.05) is 6.92 Å². The molecule has 1 atom stereocenters. The lowest BCUT2D eigenvalue weighted by Gasteiger charge is -2.27. The highest BCUT2D eigenvalue weighted by molar-refractivity contribution is 5.79. The van der Waals surface area contributed by atoms with Crippen LogP contribution in [0, 0.1) is 11.8 Å². The van der Waals surface area contributed by atoms with Crippen molar-refractivity contribution in [2.75, 3.05) is 60.0 Å². The molecular weight excluding hydrogens is 288 g/mol. The average molecular weight is 325 g/mol. The maximum absolute atomic E-state index is 5.44. The molecule has 0 saturated carbocycles. The van der Waals surface area contributed by atoms with E-state index in [-0.39, 0.29) is 0 Å².